The molecule has 1 aromatic rings. The van der Waals surface area contributed by atoms with Crippen LogP contribution in [-0.2, 0) is 0 Å². The second kappa shape index (κ2) is 7.59. The molecule has 0 radical (unpaired) electrons. The number of carbonyl (C=O) groups is 1. The van der Waals surface area contributed by atoms with E-state index in [1.807, 2.05) is 5.01 Å². The number of hydrazine groups is 1. The molecule has 2 heterocycles. The van der Waals surface area contributed by atoms with E-state index in [1.54, 1.807) is 12.3 Å². The fourth-order valence-electron chi connectivity index (χ4n) is 2.06. The van der Waals surface area contributed by atoms with E-state index in [0.29, 0.717) is 16.4 Å². The van der Waals surface area contributed by atoms with Crippen LogP contribution in [0.1, 0.15) is 23.7 Å². The van der Waals surface area contributed by atoms with Crippen molar-refractivity contribution in [3.05, 3.63) is 22.8 Å². The smallest absolute Gasteiger partial charge is 0.267 e. The molecule has 1 fully saturated rings. The number of nitrogens with one attached hydrogen (secondary N) is 2. The number of pyridine rings is 1. The van der Waals surface area contributed by atoms with Crippen molar-refractivity contribution in [2.24, 2.45) is 0 Å². The van der Waals surface area contributed by atoms with Crippen molar-refractivity contribution < 1.29 is 4.79 Å². The van der Waals surface area contributed by atoms with Gasteiger partial charge in [0.2, 0.25) is 0 Å². The van der Waals surface area contributed by atoms with Crippen molar-refractivity contribution in [1.82, 2.24) is 20.3 Å². The normalized spacial score (nSPS) is 16.7. The van der Waals surface area contributed by atoms with E-state index in [1.165, 1.54) is 0 Å². The number of amides is 1. The molecule has 1 aromatic heterocycles. The number of nitrogens with zero attached hydrogens (tertiary/aromatic N) is 3. The number of halogens is 1. The van der Waals surface area contributed by atoms with Gasteiger partial charge in [-0.1, -0.05) is 18.5 Å². The van der Waals surface area contributed by atoms with Crippen LogP contribution < -0.4 is 10.7 Å². The summed E-state index contributed by atoms with van der Waals surface area (Å²) in [6.07, 6.45) is 2.54. The van der Waals surface area contributed by atoms with Gasteiger partial charge >= 0.3 is 0 Å². The minimum absolute atomic E-state index is 0.170. The topological polar surface area (TPSA) is 60.5 Å². The summed E-state index contributed by atoms with van der Waals surface area (Å²) in [5.41, 5.74) is 3.37. The number of hydrogen-bond donors (Lipinski definition) is 2. The van der Waals surface area contributed by atoms with Gasteiger partial charge in [-0.3, -0.25) is 10.2 Å². The van der Waals surface area contributed by atoms with E-state index >= 15 is 0 Å². The number of rotatable bonds is 5. The lowest BCUT2D eigenvalue weighted by atomic mass is 10.2. The summed E-state index contributed by atoms with van der Waals surface area (Å²) in [5.74, 6) is 0.450. The summed E-state index contributed by atoms with van der Waals surface area (Å²) in [6.45, 7) is 6.40. The third kappa shape index (κ3) is 4.56. The average molecular weight is 312 g/mol. The van der Waals surface area contributed by atoms with E-state index in [9.17, 15) is 4.79 Å². The van der Waals surface area contributed by atoms with E-state index in [-0.39, 0.29) is 5.91 Å². The molecule has 0 unspecified atom stereocenters. The summed E-state index contributed by atoms with van der Waals surface area (Å²) >= 11 is 6.15. The Kier molecular flexibility index (Phi) is 5.78. The van der Waals surface area contributed by atoms with Crippen molar-refractivity contribution >= 4 is 23.3 Å². The third-order valence-electron chi connectivity index (χ3n) is 3.41. The van der Waals surface area contributed by atoms with E-state index < -0.39 is 0 Å². The van der Waals surface area contributed by atoms with Gasteiger partial charge in [0, 0.05) is 38.9 Å². The fourth-order valence-corrected chi connectivity index (χ4v) is 2.30. The van der Waals surface area contributed by atoms with E-state index in [0.717, 1.165) is 39.1 Å². The SMILES string of the molecule is CCCNc1ncc(C(=O)NN2CCN(C)CC2)cc1Cl. The Morgan fingerprint density at radius 1 is 1.38 bits per heavy atom. The van der Waals surface area contributed by atoms with E-state index in [2.05, 4.69) is 34.6 Å². The highest BCUT2D eigenvalue weighted by atomic mass is 35.5. The lowest BCUT2D eigenvalue weighted by molar-refractivity contribution is 0.0662. The Labute approximate surface area is 130 Å². The number of likely N-dealkylation sites (N-methyl/N-ethyl adjacent to an activating group) is 1. The van der Waals surface area contributed by atoms with Gasteiger partial charge in [0.05, 0.1) is 10.6 Å². The van der Waals surface area contributed by atoms with Crippen LogP contribution in [0.2, 0.25) is 5.02 Å². The summed E-state index contributed by atoms with van der Waals surface area (Å²) in [5, 5.41) is 5.52. The molecule has 1 saturated heterocycles. The first-order valence-electron chi connectivity index (χ1n) is 7.24. The lowest BCUT2D eigenvalue weighted by Crippen LogP contribution is -2.52. The highest BCUT2D eigenvalue weighted by Gasteiger charge is 2.17. The van der Waals surface area contributed by atoms with E-state index in [4.69, 9.17) is 11.6 Å². The number of anilines is 1. The molecule has 0 aromatic carbocycles. The van der Waals surface area contributed by atoms with Gasteiger partial charge in [-0.2, -0.15) is 0 Å². The monoisotopic (exact) mass is 311 g/mol. The predicted octanol–water partition coefficient (Wildman–Crippen LogP) is 1.45. The quantitative estimate of drug-likeness (QED) is 0.862. The van der Waals surface area contributed by atoms with Crippen molar-refractivity contribution in [3.8, 4) is 0 Å². The molecule has 0 aliphatic carbocycles. The minimum atomic E-state index is -0.170. The Morgan fingerprint density at radius 2 is 2.10 bits per heavy atom. The zero-order valence-corrected chi connectivity index (χ0v) is 13.3. The predicted molar refractivity (Wildman–Crippen MR) is 84.6 cm³/mol. The van der Waals surface area contributed by atoms with Crippen LogP contribution in [0.15, 0.2) is 12.3 Å². The van der Waals surface area contributed by atoms with Gasteiger partial charge < -0.3 is 10.2 Å². The molecule has 1 amide bonds. The second-order valence-corrected chi connectivity index (χ2v) is 5.62. The zero-order chi connectivity index (χ0) is 15.2. The molecule has 7 heteroatoms. The number of carbonyl (C=O) groups excluding carboxylic acids is 1. The first-order valence-corrected chi connectivity index (χ1v) is 7.62. The van der Waals surface area contributed by atoms with Crippen molar-refractivity contribution in [2.75, 3.05) is 45.1 Å². The van der Waals surface area contributed by atoms with Gasteiger partial charge in [-0.25, -0.2) is 9.99 Å². The Bertz CT molecular complexity index is 488. The van der Waals surface area contributed by atoms with Gasteiger partial charge in [-0.05, 0) is 19.5 Å². The molecular weight excluding hydrogens is 290 g/mol. The first-order chi connectivity index (χ1) is 10.1. The van der Waals surface area contributed by atoms with Crippen LogP contribution in [0.5, 0.6) is 0 Å². The molecule has 0 saturated carbocycles. The van der Waals surface area contributed by atoms with Crippen LogP contribution in [0, 0.1) is 0 Å². The highest BCUT2D eigenvalue weighted by molar-refractivity contribution is 6.33. The van der Waals surface area contributed by atoms with Gasteiger partial charge in [0.1, 0.15) is 5.82 Å². The molecule has 1 aliphatic heterocycles. The molecule has 21 heavy (non-hydrogen) atoms. The maximum absolute atomic E-state index is 12.2. The molecule has 6 nitrogen and oxygen atoms in total. The maximum Gasteiger partial charge on any atom is 0.267 e. The first kappa shape index (κ1) is 16.0. The zero-order valence-electron chi connectivity index (χ0n) is 12.5. The largest absolute Gasteiger partial charge is 0.369 e. The van der Waals surface area contributed by atoms with Crippen LogP contribution in [0.3, 0.4) is 0 Å². The second-order valence-electron chi connectivity index (χ2n) is 5.21. The summed E-state index contributed by atoms with van der Waals surface area (Å²) in [4.78, 5) is 18.6. The molecule has 0 spiro atoms. The Morgan fingerprint density at radius 3 is 2.71 bits per heavy atom. The number of aromatic nitrogens is 1. The van der Waals surface area contributed by atoms with Crippen LogP contribution in [-0.4, -0.2) is 60.6 Å². The standard InChI is InChI=1S/C14H22ClN5O/c1-3-4-16-13-12(15)9-11(10-17-13)14(21)18-20-7-5-19(2)6-8-20/h9-10H,3-8H2,1-2H3,(H,16,17)(H,18,21). The summed E-state index contributed by atoms with van der Waals surface area (Å²) in [6, 6.07) is 1.65. The Balaban J connectivity index is 1.94. The maximum atomic E-state index is 12.2. The van der Waals surface area contributed by atoms with Gasteiger partial charge in [0.25, 0.3) is 5.91 Å². The highest BCUT2D eigenvalue weighted by Crippen LogP contribution is 2.20. The van der Waals surface area contributed by atoms with Gasteiger partial charge in [-0.15, -0.1) is 0 Å². The van der Waals surface area contributed by atoms with Crippen LogP contribution >= 0.6 is 11.6 Å². The van der Waals surface area contributed by atoms with Crippen LogP contribution in [0.4, 0.5) is 5.82 Å². The third-order valence-corrected chi connectivity index (χ3v) is 3.70. The van der Waals surface area contributed by atoms with Crippen LogP contribution in [0.25, 0.3) is 0 Å². The van der Waals surface area contributed by atoms with Crippen molar-refractivity contribution in [3.63, 3.8) is 0 Å². The van der Waals surface area contributed by atoms with Gasteiger partial charge in [0.15, 0.2) is 0 Å². The van der Waals surface area contributed by atoms with Crippen molar-refractivity contribution in [2.45, 2.75) is 13.3 Å². The molecule has 116 valence electrons. The minimum Gasteiger partial charge on any atom is -0.369 e. The molecule has 1 aliphatic rings. The molecule has 2 rings (SSSR count). The number of piperazine rings is 1. The Hall–Kier alpha value is -1.37. The molecule has 0 bridgehead atoms. The average Bonchev–Trinajstić information content (AvgIpc) is 2.48. The van der Waals surface area contributed by atoms with Crippen molar-refractivity contribution in [1.29, 1.82) is 0 Å². The molecule has 2 N–H and O–H groups in total. The molecule has 0 atom stereocenters. The number of hydrogen-bond acceptors (Lipinski definition) is 5. The summed E-state index contributed by atoms with van der Waals surface area (Å²) in [7, 11) is 2.07. The lowest BCUT2D eigenvalue weighted by Gasteiger charge is -2.32. The summed E-state index contributed by atoms with van der Waals surface area (Å²) < 4.78 is 0. The molecular formula is C14H22ClN5O. The fraction of sp³-hybridized carbons (Fsp3) is 0.571.